The normalized spacial score (nSPS) is 31.8. The average Bonchev–Trinajstić information content (AvgIpc) is 3.24. The van der Waals surface area contributed by atoms with Gasteiger partial charge in [-0.1, -0.05) is 52.9 Å². The molecule has 4 rings (SSSR count). The van der Waals surface area contributed by atoms with E-state index in [1.54, 1.807) is 25.7 Å². The molecule has 1 saturated heterocycles. The second-order valence-corrected chi connectivity index (χ2v) is 14.1. The molecule has 10 nitrogen and oxygen atoms in total. The first-order chi connectivity index (χ1) is 18.7. The lowest BCUT2D eigenvalue weighted by molar-refractivity contribution is -0.144. The molecule has 1 aliphatic heterocycles. The number of amides is 4. The van der Waals surface area contributed by atoms with Crippen LogP contribution in [0.1, 0.15) is 92.9 Å². The summed E-state index contributed by atoms with van der Waals surface area (Å²) in [6.45, 7) is 11.8. The third-order valence-electron chi connectivity index (χ3n) is 9.90. The van der Waals surface area contributed by atoms with Gasteiger partial charge in [-0.3, -0.25) is 19.2 Å². The maximum absolute atomic E-state index is 14.3. The van der Waals surface area contributed by atoms with Gasteiger partial charge in [0.1, 0.15) is 17.7 Å². The van der Waals surface area contributed by atoms with E-state index in [-0.39, 0.29) is 35.5 Å². The Morgan fingerprint density at radius 2 is 1.62 bits per heavy atom. The second kappa shape index (κ2) is 11.3. The minimum atomic E-state index is -1.09. The van der Waals surface area contributed by atoms with Gasteiger partial charge >= 0.3 is 6.09 Å². The van der Waals surface area contributed by atoms with E-state index in [1.807, 2.05) is 6.92 Å². The van der Waals surface area contributed by atoms with E-state index >= 15 is 0 Å². The lowest BCUT2D eigenvalue weighted by atomic mass is 9.82. The van der Waals surface area contributed by atoms with Gasteiger partial charge in [-0.25, -0.2) is 4.79 Å². The number of ether oxygens (including phenoxy) is 1. The molecule has 7 atom stereocenters. The minimum absolute atomic E-state index is 0.0361. The largest absolute Gasteiger partial charge is 0.444 e. The number of ketones is 1. The zero-order valence-corrected chi connectivity index (χ0v) is 25.0. The third-order valence-corrected chi connectivity index (χ3v) is 9.90. The summed E-state index contributed by atoms with van der Waals surface area (Å²) in [6, 6.07) is -2.62. The molecule has 0 aromatic heterocycles. The third kappa shape index (κ3) is 6.15. The molecule has 1 heterocycles. The number of alkyl carbamates (subject to hydrolysis) is 1. The van der Waals surface area contributed by atoms with Crippen molar-refractivity contribution in [1.82, 2.24) is 15.5 Å². The number of hydrogen-bond donors (Lipinski definition) is 3. The maximum Gasteiger partial charge on any atom is 0.408 e. The van der Waals surface area contributed by atoms with Crippen LogP contribution < -0.4 is 16.4 Å². The smallest absolute Gasteiger partial charge is 0.408 e. The van der Waals surface area contributed by atoms with E-state index in [9.17, 15) is 24.0 Å². The Balaban J connectivity index is 1.58. The van der Waals surface area contributed by atoms with E-state index < -0.39 is 47.4 Å². The van der Waals surface area contributed by atoms with Crippen LogP contribution in [0.25, 0.3) is 0 Å². The van der Waals surface area contributed by atoms with Crippen molar-refractivity contribution >= 4 is 29.6 Å². The first kappa shape index (κ1) is 30.3. The molecule has 4 N–H and O–H groups in total. The summed E-state index contributed by atoms with van der Waals surface area (Å²) in [7, 11) is 0. The molecule has 0 radical (unpaired) electrons. The summed E-state index contributed by atoms with van der Waals surface area (Å²) in [4.78, 5) is 66.6. The number of carbonyl (C=O) groups excluding carboxylic acids is 5. The second-order valence-electron chi connectivity index (χ2n) is 14.1. The van der Waals surface area contributed by atoms with Crippen LogP contribution in [0.5, 0.6) is 0 Å². The lowest BCUT2D eigenvalue weighted by Crippen LogP contribution is -2.59. The summed E-state index contributed by atoms with van der Waals surface area (Å²) in [5, 5.41) is 5.65. The zero-order chi connectivity index (χ0) is 29.6. The molecule has 3 saturated carbocycles. The van der Waals surface area contributed by atoms with Gasteiger partial charge in [0.25, 0.3) is 5.91 Å². The van der Waals surface area contributed by atoms with Gasteiger partial charge in [-0.05, 0) is 75.0 Å². The molecular weight excluding hydrogens is 512 g/mol. The molecule has 0 spiro atoms. The monoisotopic (exact) mass is 560 g/mol. The Hall–Kier alpha value is -2.65. The molecule has 10 heteroatoms. The number of primary amides is 1. The van der Waals surface area contributed by atoms with Gasteiger partial charge < -0.3 is 26.0 Å². The number of likely N-dealkylation sites (tertiary alicyclic amines) is 1. The summed E-state index contributed by atoms with van der Waals surface area (Å²) < 4.78 is 5.54. The Morgan fingerprint density at radius 1 is 1.02 bits per heavy atom. The molecule has 40 heavy (non-hydrogen) atoms. The lowest BCUT2D eigenvalue weighted by Gasteiger charge is -2.35. The first-order valence-corrected chi connectivity index (χ1v) is 15.1. The highest BCUT2D eigenvalue weighted by Crippen LogP contribution is 2.65. The fourth-order valence-electron chi connectivity index (χ4n) is 7.85. The van der Waals surface area contributed by atoms with E-state index in [0.29, 0.717) is 24.8 Å². The number of fused-ring (bicyclic) bond motifs is 2. The van der Waals surface area contributed by atoms with Crippen LogP contribution in [0, 0.1) is 35.0 Å². The Morgan fingerprint density at radius 3 is 2.15 bits per heavy atom. The van der Waals surface area contributed by atoms with Gasteiger partial charge in [0.15, 0.2) is 0 Å². The van der Waals surface area contributed by atoms with Crippen LogP contribution in [-0.4, -0.2) is 64.8 Å². The molecule has 3 aliphatic carbocycles. The van der Waals surface area contributed by atoms with Gasteiger partial charge in [-0.15, -0.1) is 0 Å². The van der Waals surface area contributed by atoms with E-state index in [0.717, 1.165) is 25.7 Å². The number of piperidine rings is 1. The van der Waals surface area contributed by atoms with Crippen molar-refractivity contribution in [3.05, 3.63) is 0 Å². The number of hydrogen-bond acceptors (Lipinski definition) is 6. The Labute approximate surface area is 237 Å². The van der Waals surface area contributed by atoms with Crippen LogP contribution in [0.4, 0.5) is 4.79 Å². The summed E-state index contributed by atoms with van der Waals surface area (Å²) in [5.41, 5.74) is 4.39. The van der Waals surface area contributed by atoms with Crippen LogP contribution in [0.2, 0.25) is 0 Å². The highest BCUT2D eigenvalue weighted by molar-refractivity contribution is 6.37. The topological polar surface area (TPSA) is 148 Å². The first-order valence-electron chi connectivity index (χ1n) is 15.1. The molecule has 0 aromatic rings. The van der Waals surface area contributed by atoms with Crippen molar-refractivity contribution in [3.8, 4) is 0 Å². The van der Waals surface area contributed by atoms with Crippen molar-refractivity contribution in [1.29, 1.82) is 0 Å². The highest BCUT2D eigenvalue weighted by atomic mass is 16.6. The predicted molar refractivity (Wildman–Crippen MR) is 149 cm³/mol. The number of nitrogens with two attached hydrogens (primary N) is 1. The molecule has 0 bridgehead atoms. The van der Waals surface area contributed by atoms with Gasteiger partial charge in [0.05, 0.1) is 6.04 Å². The molecule has 3 unspecified atom stereocenters. The Bertz CT molecular complexity index is 1020. The molecule has 0 aromatic carbocycles. The van der Waals surface area contributed by atoms with E-state index in [1.165, 1.54) is 12.8 Å². The van der Waals surface area contributed by atoms with Crippen LogP contribution >= 0.6 is 0 Å². The van der Waals surface area contributed by atoms with Crippen LogP contribution in [-0.2, 0) is 23.9 Å². The summed E-state index contributed by atoms with van der Waals surface area (Å²) >= 11 is 0. The predicted octanol–water partition coefficient (Wildman–Crippen LogP) is 2.92. The standard InChI is InChI=1S/C30H48N4O6/c1-7-10-20(24(35)25(31)36)32-26(37)23-21-19(30(21,5)6)15-34(23)27(38)22(33-28(39)40-29(2,3)4)18-13-16-11-8-9-12-17(16)14-18/h16-23H,7-15H2,1-6H3,(H2,31,36)(H,32,37)(H,33,39)/t16?,17?,18?,19-,20?,21-,22+,23+/m1/s1. The maximum atomic E-state index is 14.3. The summed E-state index contributed by atoms with van der Waals surface area (Å²) in [6.07, 6.45) is 6.63. The van der Waals surface area contributed by atoms with E-state index in [4.69, 9.17) is 10.5 Å². The number of nitrogens with zero attached hydrogens (tertiary/aromatic N) is 1. The van der Waals surface area contributed by atoms with Crippen molar-refractivity contribution in [3.63, 3.8) is 0 Å². The molecule has 224 valence electrons. The highest BCUT2D eigenvalue weighted by Gasteiger charge is 2.70. The SMILES string of the molecule is CCCC(NC(=O)[C@@H]1[C@H]2[C@@H](CN1C(=O)[C@@H](NC(=O)OC(C)(C)C)C1CC3CCCCC3C1)C2(C)C)C(=O)C(N)=O. The van der Waals surface area contributed by atoms with Crippen molar-refractivity contribution in [2.75, 3.05) is 6.54 Å². The van der Waals surface area contributed by atoms with E-state index in [2.05, 4.69) is 24.5 Å². The van der Waals surface area contributed by atoms with Gasteiger partial charge in [-0.2, -0.15) is 0 Å². The average molecular weight is 561 g/mol. The Kier molecular flexibility index (Phi) is 8.58. The fraction of sp³-hybridized carbons (Fsp3) is 0.833. The number of carbonyl (C=O) groups is 5. The number of Topliss-reactive ketones (excluding diaryl/α,β-unsaturated/α-hetero) is 1. The van der Waals surface area contributed by atoms with Gasteiger partial charge in [0.2, 0.25) is 17.6 Å². The van der Waals surface area contributed by atoms with Crippen molar-refractivity contribution < 1.29 is 28.7 Å². The quantitative estimate of drug-likeness (QED) is 0.369. The minimum Gasteiger partial charge on any atom is -0.444 e. The van der Waals surface area contributed by atoms with Gasteiger partial charge in [0, 0.05) is 6.54 Å². The molecule has 4 fully saturated rings. The fourth-order valence-corrected chi connectivity index (χ4v) is 7.85. The van der Waals surface area contributed by atoms with Crippen molar-refractivity contribution in [2.45, 2.75) is 117 Å². The molecular formula is C30H48N4O6. The zero-order valence-electron chi connectivity index (χ0n) is 25.0. The molecule has 4 amide bonds. The van der Waals surface area contributed by atoms with Crippen LogP contribution in [0.15, 0.2) is 0 Å². The van der Waals surface area contributed by atoms with Crippen LogP contribution in [0.3, 0.4) is 0 Å². The molecule has 4 aliphatic rings. The van der Waals surface area contributed by atoms with Crippen molar-refractivity contribution in [2.24, 2.45) is 40.7 Å². The number of nitrogens with one attached hydrogen (secondary N) is 2. The number of rotatable bonds is 9. The summed E-state index contributed by atoms with van der Waals surface area (Å²) in [5.74, 6) is -1.52.